The Balaban J connectivity index is 1.97. The van der Waals surface area contributed by atoms with Crippen molar-refractivity contribution in [1.82, 2.24) is 4.98 Å². The Labute approximate surface area is 135 Å². The predicted octanol–water partition coefficient (Wildman–Crippen LogP) is 2.65. The van der Waals surface area contributed by atoms with Gasteiger partial charge in [0.2, 0.25) is 0 Å². The van der Waals surface area contributed by atoms with E-state index >= 15 is 0 Å². The van der Waals surface area contributed by atoms with Gasteiger partial charge in [0.05, 0.1) is 11.6 Å². The molecule has 1 aromatic carbocycles. The first-order valence-corrected chi connectivity index (χ1v) is 7.23. The first-order valence-electron chi connectivity index (χ1n) is 7.23. The molecule has 6 nitrogen and oxygen atoms in total. The summed E-state index contributed by atoms with van der Waals surface area (Å²) < 4.78 is 4.99. The maximum atomic E-state index is 12.2. The van der Waals surface area contributed by atoms with Crippen LogP contribution in [0.2, 0.25) is 0 Å². The van der Waals surface area contributed by atoms with Crippen LogP contribution in [0, 0.1) is 11.3 Å². The van der Waals surface area contributed by atoms with Gasteiger partial charge >= 0.3 is 0 Å². The van der Waals surface area contributed by atoms with E-state index < -0.39 is 0 Å². The molecule has 2 aromatic rings. The molecule has 1 amide bonds. The second-order valence-electron chi connectivity index (χ2n) is 4.85. The van der Waals surface area contributed by atoms with Crippen molar-refractivity contribution >= 4 is 17.3 Å². The summed E-state index contributed by atoms with van der Waals surface area (Å²) in [4.78, 5) is 16.3. The summed E-state index contributed by atoms with van der Waals surface area (Å²) in [7, 11) is 1.66. The smallest absolute Gasteiger partial charge is 0.274 e. The predicted molar refractivity (Wildman–Crippen MR) is 88.3 cm³/mol. The van der Waals surface area contributed by atoms with Crippen LogP contribution in [0.4, 0.5) is 11.4 Å². The van der Waals surface area contributed by atoms with Crippen molar-refractivity contribution in [3.05, 3.63) is 53.9 Å². The second-order valence-corrected chi connectivity index (χ2v) is 4.85. The van der Waals surface area contributed by atoms with Crippen LogP contribution in [0.3, 0.4) is 0 Å². The number of amides is 1. The molecule has 0 unspecified atom stereocenters. The zero-order chi connectivity index (χ0) is 16.5. The maximum Gasteiger partial charge on any atom is 0.274 e. The van der Waals surface area contributed by atoms with E-state index in [0.29, 0.717) is 23.6 Å². The fraction of sp³-hybridized carbons (Fsp3) is 0.235. The molecule has 0 spiro atoms. The number of anilines is 2. The Morgan fingerprint density at radius 2 is 2.04 bits per heavy atom. The minimum absolute atomic E-state index is 0.296. The first-order chi connectivity index (χ1) is 11.2. The molecule has 6 heteroatoms. The Morgan fingerprint density at radius 1 is 1.26 bits per heavy atom. The molecule has 0 aliphatic heterocycles. The zero-order valence-corrected chi connectivity index (χ0v) is 12.9. The molecular weight excluding hydrogens is 292 g/mol. The number of carbonyl (C=O) groups is 1. The maximum absolute atomic E-state index is 12.2. The molecule has 118 valence electrons. The van der Waals surface area contributed by atoms with Crippen LogP contribution < -0.4 is 10.6 Å². The molecule has 0 radical (unpaired) electrons. The van der Waals surface area contributed by atoms with Gasteiger partial charge in [0.1, 0.15) is 5.69 Å². The van der Waals surface area contributed by atoms with Crippen molar-refractivity contribution in [2.45, 2.75) is 6.42 Å². The number of nitriles is 1. The third-order valence-electron chi connectivity index (χ3n) is 3.12. The summed E-state index contributed by atoms with van der Waals surface area (Å²) in [6.45, 7) is 1.44. The lowest BCUT2D eigenvalue weighted by Gasteiger charge is -2.08. The van der Waals surface area contributed by atoms with Gasteiger partial charge in [0, 0.05) is 37.8 Å². The molecule has 2 N–H and O–H groups in total. The van der Waals surface area contributed by atoms with Crippen LogP contribution in [0.5, 0.6) is 0 Å². The van der Waals surface area contributed by atoms with Gasteiger partial charge in [0.15, 0.2) is 0 Å². The number of benzene rings is 1. The molecule has 0 saturated carbocycles. The monoisotopic (exact) mass is 310 g/mol. The number of nitrogens with one attached hydrogen (secondary N) is 2. The lowest BCUT2D eigenvalue weighted by atomic mass is 10.2. The van der Waals surface area contributed by atoms with Crippen molar-refractivity contribution in [3.63, 3.8) is 0 Å². The van der Waals surface area contributed by atoms with Gasteiger partial charge in [-0.1, -0.05) is 0 Å². The Bertz CT molecular complexity index is 692. The Kier molecular flexibility index (Phi) is 6.09. The highest BCUT2D eigenvalue weighted by atomic mass is 16.5. The fourth-order valence-corrected chi connectivity index (χ4v) is 1.94. The molecule has 0 bridgehead atoms. The second kappa shape index (κ2) is 8.51. The number of aromatic nitrogens is 1. The van der Waals surface area contributed by atoms with Crippen LogP contribution in [0.25, 0.3) is 0 Å². The quantitative estimate of drug-likeness (QED) is 0.768. The molecule has 1 heterocycles. The molecule has 0 aliphatic rings. The van der Waals surface area contributed by atoms with Crippen LogP contribution in [0.1, 0.15) is 22.5 Å². The van der Waals surface area contributed by atoms with E-state index in [0.717, 1.165) is 18.7 Å². The number of hydrogen-bond acceptors (Lipinski definition) is 5. The third-order valence-corrected chi connectivity index (χ3v) is 3.12. The van der Waals surface area contributed by atoms with Gasteiger partial charge < -0.3 is 15.4 Å². The van der Waals surface area contributed by atoms with Crippen molar-refractivity contribution in [3.8, 4) is 6.07 Å². The van der Waals surface area contributed by atoms with E-state index in [9.17, 15) is 4.79 Å². The third kappa shape index (κ3) is 5.09. The number of hydrogen-bond donors (Lipinski definition) is 2. The summed E-state index contributed by atoms with van der Waals surface area (Å²) in [6.07, 6.45) is 2.47. The molecular formula is C17H18N4O2. The summed E-state index contributed by atoms with van der Waals surface area (Å²) in [5, 5.41) is 14.7. The van der Waals surface area contributed by atoms with E-state index in [4.69, 9.17) is 10.00 Å². The molecule has 0 saturated heterocycles. The van der Waals surface area contributed by atoms with E-state index in [1.807, 2.05) is 12.1 Å². The van der Waals surface area contributed by atoms with Gasteiger partial charge in [-0.3, -0.25) is 9.78 Å². The average molecular weight is 310 g/mol. The summed E-state index contributed by atoms with van der Waals surface area (Å²) in [6, 6.07) is 12.2. The molecule has 1 aromatic heterocycles. The van der Waals surface area contributed by atoms with Crippen molar-refractivity contribution in [2.75, 3.05) is 30.9 Å². The van der Waals surface area contributed by atoms with Gasteiger partial charge in [-0.2, -0.15) is 5.26 Å². The average Bonchev–Trinajstić information content (AvgIpc) is 2.60. The molecule has 0 fully saturated rings. The van der Waals surface area contributed by atoms with Crippen molar-refractivity contribution in [1.29, 1.82) is 5.26 Å². The molecule has 23 heavy (non-hydrogen) atoms. The summed E-state index contributed by atoms with van der Waals surface area (Å²) >= 11 is 0. The van der Waals surface area contributed by atoms with Crippen molar-refractivity contribution < 1.29 is 9.53 Å². The van der Waals surface area contributed by atoms with E-state index in [1.165, 1.54) is 0 Å². The molecule has 0 atom stereocenters. The van der Waals surface area contributed by atoms with Gasteiger partial charge in [-0.25, -0.2) is 0 Å². The number of pyridine rings is 1. The summed E-state index contributed by atoms with van der Waals surface area (Å²) in [5.41, 5.74) is 2.32. The highest BCUT2D eigenvalue weighted by molar-refractivity contribution is 6.03. The van der Waals surface area contributed by atoms with Crippen LogP contribution >= 0.6 is 0 Å². The highest BCUT2D eigenvalue weighted by Crippen LogP contribution is 2.12. The van der Waals surface area contributed by atoms with Gasteiger partial charge in [0.25, 0.3) is 5.91 Å². The number of nitrogens with zero attached hydrogens (tertiary/aromatic N) is 2. The number of rotatable bonds is 7. The standard InChI is InChI=1S/C17H18N4O2/c1-23-10-2-8-19-15-7-9-20-16(11-15)17(22)21-14-5-3-13(12-18)4-6-14/h3-7,9,11H,2,8,10H2,1H3,(H,19,20)(H,21,22). The lowest BCUT2D eigenvalue weighted by molar-refractivity contribution is 0.102. The fourth-order valence-electron chi connectivity index (χ4n) is 1.94. The number of methoxy groups -OCH3 is 1. The largest absolute Gasteiger partial charge is 0.385 e. The number of ether oxygens (including phenoxy) is 1. The minimum atomic E-state index is -0.296. The van der Waals surface area contributed by atoms with Gasteiger partial charge in [-0.15, -0.1) is 0 Å². The van der Waals surface area contributed by atoms with E-state index in [-0.39, 0.29) is 5.91 Å². The van der Waals surface area contributed by atoms with Gasteiger partial charge in [-0.05, 0) is 42.8 Å². The van der Waals surface area contributed by atoms with E-state index in [2.05, 4.69) is 15.6 Å². The SMILES string of the molecule is COCCCNc1ccnc(C(=O)Nc2ccc(C#N)cc2)c1. The first kappa shape index (κ1) is 16.5. The van der Waals surface area contributed by atoms with E-state index in [1.54, 1.807) is 43.6 Å². The minimum Gasteiger partial charge on any atom is -0.385 e. The number of carbonyl (C=O) groups excluding carboxylic acids is 1. The Hall–Kier alpha value is -2.91. The Morgan fingerprint density at radius 3 is 2.74 bits per heavy atom. The van der Waals surface area contributed by atoms with Crippen molar-refractivity contribution in [2.24, 2.45) is 0 Å². The zero-order valence-electron chi connectivity index (χ0n) is 12.9. The normalized spacial score (nSPS) is 9.91. The topological polar surface area (TPSA) is 87.0 Å². The van der Waals surface area contributed by atoms with Crippen LogP contribution in [-0.2, 0) is 4.74 Å². The van der Waals surface area contributed by atoms with Crippen LogP contribution in [-0.4, -0.2) is 31.2 Å². The summed E-state index contributed by atoms with van der Waals surface area (Å²) in [5.74, 6) is -0.296. The lowest BCUT2D eigenvalue weighted by Crippen LogP contribution is -2.14. The molecule has 2 rings (SSSR count). The highest BCUT2D eigenvalue weighted by Gasteiger charge is 2.08. The molecule has 0 aliphatic carbocycles. The van der Waals surface area contributed by atoms with Crippen LogP contribution in [0.15, 0.2) is 42.6 Å².